The van der Waals surface area contributed by atoms with Crippen LogP contribution in [0.1, 0.15) is 5.69 Å². The lowest BCUT2D eigenvalue weighted by atomic mass is 10.1. The highest BCUT2D eigenvalue weighted by Gasteiger charge is 2.11. The summed E-state index contributed by atoms with van der Waals surface area (Å²) in [4.78, 5) is 5.69. The van der Waals surface area contributed by atoms with Gasteiger partial charge in [0.2, 0.25) is 0 Å². The van der Waals surface area contributed by atoms with Crippen LogP contribution in [0.4, 0.5) is 4.39 Å². The van der Waals surface area contributed by atoms with E-state index in [0.29, 0.717) is 5.75 Å². The second-order valence-corrected chi connectivity index (χ2v) is 7.69. The Labute approximate surface area is 170 Å². The number of aryl methyl sites for hydroxylation is 1. The smallest absolute Gasteiger partial charge is 0.195 e. The van der Waals surface area contributed by atoms with E-state index in [1.165, 1.54) is 0 Å². The van der Waals surface area contributed by atoms with Gasteiger partial charge in [-0.05, 0) is 37.3 Å². The molecule has 5 rings (SSSR count). The highest BCUT2D eigenvalue weighted by Crippen LogP contribution is 2.32. The number of alkyl halides is 1. The average Bonchev–Trinajstić information content (AvgIpc) is 3.30. The quantitative estimate of drug-likeness (QED) is 0.397. The third-order valence-corrected chi connectivity index (χ3v) is 5.70. The number of thiazole rings is 1. The van der Waals surface area contributed by atoms with Gasteiger partial charge in [0.1, 0.15) is 19.0 Å². The average molecular weight is 404 g/mol. The topological polar surface area (TPSA) is 52.3 Å². The lowest BCUT2D eigenvalue weighted by Gasteiger charge is -2.03. The third kappa shape index (κ3) is 3.34. The van der Waals surface area contributed by atoms with Crippen LogP contribution in [0.25, 0.3) is 37.7 Å². The predicted molar refractivity (Wildman–Crippen MR) is 113 cm³/mol. The monoisotopic (exact) mass is 404 g/mol. The zero-order chi connectivity index (χ0) is 19.8. The van der Waals surface area contributed by atoms with E-state index in [4.69, 9.17) is 9.72 Å². The third-order valence-electron chi connectivity index (χ3n) is 4.69. The number of rotatable bonds is 5. The zero-order valence-corrected chi connectivity index (χ0v) is 16.5. The number of imidazole rings is 1. The molecule has 29 heavy (non-hydrogen) atoms. The molecule has 7 heteroatoms. The zero-order valence-electron chi connectivity index (χ0n) is 15.7. The van der Waals surface area contributed by atoms with Gasteiger partial charge in [-0.1, -0.05) is 35.6 Å². The summed E-state index contributed by atoms with van der Waals surface area (Å²) in [6.45, 7) is 1.50. The summed E-state index contributed by atoms with van der Waals surface area (Å²) in [5, 5.41) is 8.36. The highest BCUT2D eigenvalue weighted by atomic mass is 32.1. The molecule has 0 aliphatic heterocycles. The molecule has 5 aromatic rings. The van der Waals surface area contributed by atoms with Crippen LogP contribution in [0.5, 0.6) is 5.75 Å². The number of ether oxygens (including phenoxy) is 1. The summed E-state index contributed by atoms with van der Waals surface area (Å²) >= 11 is 1.59. The van der Waals surface area contributed by atoms with Crippen molar-refractivity contribution >= 4 is 26.5 Å². The Hall–Kier alpha value is -3.32. The minimum atomic E-state index is -0.496. The first-order valence-electron chi connectivity index (χ1n) is 9.23. The van der Waals surface area contributed by atoms with E-state index < -0.39 is 6.67 Å². The Morgan fingerprint density at radius 2 is 1.76 bits per heavy atom. The van der Waals surface area contributed by atoms with Gasteiger partial charge < -0.3 is 4.74 Å². The molecule has 0 N–H and O–H groups in total. The fraction of sp³-hybridized carbons (Fsp3) is 0.136. The van der Waals surface area contributed by atoms with E-state index in [2.05, 4.69) is 26.7 Å². The lowest BCUT2D eigenvalue weighted by Crippen LogP contribution is -1.98. The van der Waals surface area contributed by atoms with Gasteiger partial charge in [-0.15, -0.1) is 0 Å². The van der Waals surface area contributed by atoms with Crippen molar-refractivity contribution in [2.24, 2.45) is 0 Å². The number of hydrogen-bond donors (Lipinski definition) is 0. The fourth-order valence-corrected chi connectivity index (χ4v) is 4.27. The lowest BCUT2D eigenvalue weighted by molar-refractivity contribution is 0.273. The number of nitrogens with zero attached hydrogens (tertiary/aromatic N) is 4. The van der Waals surface area contributed by atoms with Crippen molar-refractivity contribution in [1.29, 1.82) is 0 Å². The van der Waals surface area contributed by atoms with Gasteiger partial charge in [-0.2, -0.15) is 10.2 Å². The first-order chi connectivity index (χ1) is 14.2. The Morgan fingerprint density at radius 3 is 2.48 bits per heavy atom. The van der Waals surface area contributed by atoms with Crippen molar-refractivity contribution in [3.63, 3.8) is 0 Å². The van der Waals surface area contributed by atoms with Crippen molar-refractivity contribution in [1.82, 2.24) is 19.6 Å². The van der Waals surface area contributed by atoms with Gasteiger partial charge in [-0.3, -0.25) is 4.40 Å². The first-order valence-corrected chi connectivity index (χ1v) is 10.0. The summed E-state index contributed by atoms with van der Waals surface area (Å²) < 4.78 is 20.8. The van der Waals surface area contributed by atoms with Crippen LogP contribution in [0.15, 0.2) is 60.8 Å². The van der Waals surface area contributed by atoms with Crippen molar-refractivity contribution < 1.29 is 9.13 Å². The van der Waals surface area contributed by atoms with Crippen LogP contribution in [0, 0.1) is 6.92 Å². The molecule has 0 spiro atoms. The molecule has 0 atom stereocenters. The molecule has 0 unspecified atom stereocenters. The molecule has 0 radical (unpaired) electrons. The van der Waals surface area contributed by atoms with Crippen LogP contribution >= 0.6 is 11.3 Å². The molecule has 144 valence electrons. The van der Waals surface area contributed by atoms with Gasteiger partial charge in [0.15, 0.2) is 4.96 Å². The second kappa shape index (κ2) is 7.25. The largest absolute Gasteiger partial charge is 0.491 e. The van der Waals surface area contributed by atoms with E-state index in [1.807, 2.05) is 55.6 Å². The SMILES string of the molecule is Cc1ccc(-c2ccc(-c3cn4c(n3)sc3cc(OCCF)ccc34)cc2)nn1. The van der Waals surface area contributed by atoms with Crippen LogP contribution < -0.4 is 4.74 Å². The van der Waals surface area contributed by atoms with Crippen molar-refractivity contribution in [2.45, 2.75) is 6.92 Å². The molecule has 3 heterocycles. The number of aromatic nitrogens is 4. The van der Waals surface area contributed by atoms with Gasteiger partial charge in [0, 0.05) is 17.3 Å². The normalized spacial score (nSPS) is 11.4. The molecule has 0 saturated heterocycles. The van der Waals surface area contributed by atoms with Crippen LogP contribution in [-0.2, 0) is 0 Å². The first kappa shape index (κ1) is 17.8. The molecule has 0 saturated carbocycles. The summed E-state index contributed by atoms with van der Waals surface area (Å²) in [6.07, 6.45) is 2.04. The molecule has 0 aliphatic carbocycles. The standard InChI is InChI=1S/C22H17FN4OS/c1-14-2-8-18(26-25-14)15-3-5-16(6-4-15)19-13-27-20-9-7-17(28-11-10-23)12-21(20)29-22(27)24-19/h2-9,12-13H,10-11H2,1H3. The van der Waals surface area contributed by atoms with Crippen molar-refractivity contribution in [3.05, 3.63) is 66.5 Å². The molecular formula is C22H17FN4OS. The molecular weight excluding hydrogens is 387 g/mol. The van der Waals surface area contributed by atoms with Gasteiger partial charge in [-0.25, -0.2) is 9.37 Å². The van der Waals surface area contributed by atoms with Gasteiger partial charge in [0.05, 0.1) is 27.3 Å². The summed E-state index contributed by atoms with van der Waals surface area (Å²) in [5.41, 5.74) is 5.79. The Bertz CT molecular complexity index is 1290. The van der Waals surface area contributed by atoms with E-state index in [9.17, 15) is 4.39 Å². The van der Waals surface area contributed by atoms with Crippen LogP contribution in [0.3, 0.4) is 0 Å². The molecule has 5 nitrogen and oxygen atoms in total. The second-order valence-electron chi connectivity index (χ2n) is 6.69. The summed E-state index contributed by atoms with van der Waals surface area (Å²) in [6, 6.07) is 17.9. The van der Waals surface area contributed by atoms with E-state index >= 15 is 0 Å². The minimum absolute atomic E-state index is 0.0718. The van der Waals surface area contributed by atoms with E-state index in [-0.39, 0.29) is 6.61 Å². The predicted octanol–water partition coefficient (Wildman–Crippen LogP) is 5.33. The highest BCUT2D eigenvalue weighted by molar-refractivity contribution is 7.23. The van der Waals surface area contributed by atoms with Gasteiger partial charge >= 0.3 is 0 Å². The number of benzene rings is 2. The maximum Gasteiger partial charge on any atom is 0.195 e. The van der Waals surface area contributed by atoms with E-state index in [1.54, 1.807) is 11.3 Å². The molecule has 0 amide bonds. The summed E-state index contributed by atoms with van der Waals surface area (Å²) in [7, 11) is 0. The van der Waals surface area contributed by atoms with Crippen molar-refractivity contribution in [2.75, 3.05) is 13.3 Å². The molecule has 0 aliphatic rings. The fourth-order valence-electron chi connectivity index (χ4n) is 3.23. The number of halogens is 1. The summed E-state index contributed by atoms with van der Waals surface area (Å²) in [5.74, 6) is 0.676. The number of fused-ring (bicyclic) bond motifs is 3. The Morgan fingerprint density at radius 1 is 0.966 bits per heavy atom. The van der Waals surface area contributed by atoms with Crippen LogP contribution in [-0.4, -0.2) is 32.9 Å². The Balaban J connectivity index is 1.46. The maximum atomic E-state index is 12.3. The minimum Gasteiger partial charge on any atom is -0.491 e. The molecule has 3 aromatic heterocycles. The van der Waals surface area contributed by atoms with Crippen LogP contribution in [0.2, 0.25) is 0 Å². The maximum absolute atomic E-state index is 12.3. The molecule has 2 aromatic carbocycles. The molecule has 0 fully saturated rings. The van der Waals surface area contributed by atoms with Gasteiger partial charge in [0.25, 0.3) is 0 Å². The molecule has 0 bridgehead atoms. The van der Waals surface area contributed by atoms with Crippen molar-refractivity contribution in [3.8, 4) is 28.3 Å². The number of hydrogen-bond acceptors (Lipinski definition) is 5. The Kier molecular flexibility index (Phi) is 4.44. The van der Waals surface area contributed by atoms with E-state index in [0.717, 1.165) is 43.4 Å².